The Morgan fingerprint density at radius 2 is 2.25 bits per heavy atom. The third-order valence-corrected chi connectivity index (χ3v) is 0.303. The molecular weight excluding hydrogens is 56.0 g/mol. The summed E-state index contributed by atoms with van der Waals surface area (Å²) < 4.78 is 4.15. The van der Waals surface area contributed by atoms with Gasteiger partial charge in [0.05, 0.1) is 6.61 Å². The summed E-state index contributed by atoms with van der Waals surface area (Å²) in [5.74, 6) is 0. The molecule has 24 valence electrons. The van der Waals surface area contributed by atoms with E-state index >= 15 is 0 Å². The SMILES string of the molecule is [O-]C1CO1. The Morgan fingerprint density at radius 1 is 2.00 bits per heavy atom. The van der Waals surface area contributed by atoms with Crippen molar-refractivity contribution in [2.45, 2.75) is 6.29 Å². The molecule has 0 aromatic carbocycles. The van der Waals surface area contributed by atoms with E-state index in [1.165, 1.54) is 0 Å². The van der Waals surface area contributed by atoms with Gasteiger partial charge in [-0.25, -0.2) is 0 Å². The van der Waals surface area contributed by atoms with Crippen LogP contribution >= 0.6 is 0 Å². The highest BCUT2D eigenvalue weighted by Gasteiger charge is 2.04. The third kappa shape index (κ3) is 0.191. The van der Waals surface area contributed by atoms with Gasteiger partial charge in [-0.15, -0.1) is 0 Å². The summed E-state index contributed by atoms with van der Waals surface area (Å²) in [5, 5.41) is 9.42. The fourth-order valence-corrected chi connectivity index (χ4v) is 0.0393. The average molecular weight is 59.0 g/mol. The van der Waals surface area contributed by atoms with Crippen molar-refractivity contribution in [2.24, 2.45) is 0 Å². The van der Waals surface area contributed by atoms with E-state index in [4.69, 9.17) is 0 Å². The molecule has 0 saturated carbocycles. The minimum absolute atomic E-state index is 0.431. The van der Waals surface area contributed by atoms with E-state index in [2.05, 4.69) is 4.74 Å². The number of hydrogen-bond donors (Lipinski definition) is 0. The summed E-state index contributed by atoms with van der Waals surface area (Å²) in [7, 11) is 0. The van der Waals surface area contributed by atoms with Crippen LogP contribution in [0.1, 0.15) is 0 Å². The zero-order valence-electron chi connectivity index (χ0n) is 2.10. The van der Waals surface area contributed by atoms with Gasteiger partial charge in [-0.3, -0.25) is 0 Å². The fourth-order valence-electron chi connectivity index (χ4n) is 0.0393. The smallest absolute Gasteiger partial charge is 0.0564 e. The summed E-state index contributed by atoms with van der Waals surface area (Å²) >= 11 is 0. The quantitative estimate of drug-likeness (QED) is 0.325. The first-order valence-corrected chi connectivity index (χ1v) is 1.17. The molecule has 2 heteroatoms. The van der Waals surface area contributed by atoms with Gasteiger partial charge < -0.3 is 9.84 Å². The molecule has 2 nitrogen and oxygen atoms in total. The minimum Gasteiger partial charge on any atom is -0.829 e. The van der Waals surface area contributed by atoms with Crippen LogP contribution in [-0.4, -0.2) is 12.9 Å². The van der Waals surface area contributed by atoms with Gasteiger partial charge in [0.1, 0.15) is 0 Å². The Bertz CT molecular complexity index is 23.2. The van der Waals surface area contributed by atoms with Crippen LogP contribution in [0.2, 0.25) is 0 Å². The van der Waals surface area contributed by atoms with Gasteiger partial charge in [0.2, 0.25) is 0 Å². The maximum Gasteiger partial charge on any atom is 0.0564 e. The summed E-state index contributed by atoms with van der Waals surface area (Å²) in [6.45, 7) is 0.431. The summed E-state index contributed by atoms with van der Waals surface area (Å²) in [5.41, 5.74) is 0. The number of rotatable bonds is 0. The first kappa shape index (κ1) is 2.18. The molecule has 0 radical (unpaired) electrons. The van der Waals surface area contributed by atoms with Gasteiger partial charge in [-0.1, -0.05) is 0 Å². The molecule has 0 spiro atoms. The average Bonchev–Trinajstić information content (AvgIpc) is 1.75. The van der Waals surface area contributed by atoms with Crippen LogP contribution in [-0.2, 0) is 4.74 Å². The van der Waals surface area contributed by atoms with Gasteiger partial charge in [0.15, 0.2) is 0 Å². The van der Waals surface area contributed by atoms with E-state index in [-0.39, 0.29) is 0 Å². The standard InChI is InChI=1S/C2H3O2/c3-2-1-4-2/h2H,1H2/q-1. The second-order valence-corrected chi connectivity index (χ2v) is 0.763. The molecular formula is C2H3O2-. The van der Waals surface area contributed by atoms with Crippen LogP contribution < -0.4 is 5.11 Å². The van der Waals surface area contributed by atoms with Crippen LogP contribution in [0.15, 0.2) is 0 Å². The molecule has 0 N–H and O–H groups in total. The van der Waals surface area contributed by atoms with Crippen LogP contribution in [0.3, 0.4) is 0 Å². The fraction of sp³-hybridized carbons (Fsp3) is 1.00. The number of hydrogen-bond acceptors (Lipinski definition) is 2. The molecule has 0 amide bonds. The Labute approximate surface area is 24.0 Å². The van der Waals surface area contributed by atoms with Crippen LogP contribution in [0.5, 0.6) is 0 Å². The molecule has 1 unspecified atom stereocenters. The Balaban J connectivity index is 2.17. The predicted molar refractivity (Wildman–Crippen MR) is 9.74 cm³/mol. The Morgan fingerprint density at radius 3 is 2.25 bits per heavy atom. The first-order chi connectivity index (χ1) is 1.89. The minimum atomic E-state index is -0.667. The van der Waals surface area contributed by atoms with Crippen molar-refractivity contribution < 1.29 is 9.84 Å². The second kappa shape index (κ2) is 0.445. The first-order valence-electron chi connectivity index (χ1n) is 1.17. The topological polar surface area (TPSA) is 35.6 Å². The highest BCUT2D eigenvalue weighted by atomic mass is 16.7. The molecule has 1 heterocycles. The van der Waals surface area contributed by atoms with Crippen molar-refractivity contribution in [3.8, 4) is 0 Å². The third-order valence-electron chi connectivity index (χ3n) is 0.303. The van der Waals surface area contributed by atoms with Crippen LogP contribution in [0.25, 0.3) is 0 Å². The predicted octanol–water partition coefficient (Wildman–Crippen LogP) is -1.30. The largest absolute Gasteiger partial charge is 0.829 e. The molecule has 1 aliphatic heterocycles. The summed E-state index contributed by atoms with van der Waals surface area (Å²) in [6, 6.07) is 0. The lowest BCUT2D eigenvalue weighted by Gasteiger charge is -1.80. The molecule has 1 atom stereocenters. The van der Waals surface area contributed by atoms with E-state index in [0.717, 1.165) is 0 Å². The summed E-state index contributed by atoms with van der Waals surface area (Å²) in [6.07, 6.45) is -0.667. The molecule has 0 aromatic heterocycles. The van der Waals surface area contributed by atoms with Crippen LogP contribution in [0, 0.1) is 0 Å². The second-order valence-electron chi connectivity index (χ2n) is 0.763. The highest BCUT2D eigenvalue weighted by molar-refractivity contribution is 4.45. The number of epoxide rings is 1. The van der Waals surface area contributed by atoms with Crippen LogP contribution in [0.4, 0.5) is 0 Å². The van der Waals surface area contributed by atoms with E-state index in [0.29, 0.717) is 6.61 Å². The molecule has 0 aromatic rings. The number of ether oxygens (including phenoxy) is 1. The van der Waals surface area contributed by atoms with Crippen molar-refractivity contribution in [1.82, 2.24) is 0 Å². The lowest BCUT2D eigenvalue weighted by atomic mass is 10.9. The van der Waals surface area contributed by atoms with Gasteiger partial charge in [-0.05, 0) is 0 Å². The molecule has 1 fully saturated rings. The van der Waals surface area contributed by atoms with Crippen molar-refractivity contribution >= 4 is 0 Å². The zero-order chi connectivity index (χ0) is 2.99. The lowest BCUT2D eigenvalue weighted by Crippen LogP contribution is -2.05. The van der Waals surface area contributed by atoms with Crippen molar-refractivity contribution in [3.63, 3.8) is 0 Å². The molecule has 1 saturated heterocycles. The highest BCUT2D eigenvalue weighted by Crippen LogP contribution is 1.95. The van der Waals surface area contributed by atoms with E-state index < -0.39 is 6.29 Å². The van der Waals surface area contributed by atoms with E-state index in [1.807, 2.05) is 0 Å². The lowest BCUT2D eigenvalue weighted by molar-refractivity contribution is -0.411. The van der Waals surface area contributed by atoms with Gasteiger partial charge >= 0.3 is 0 Å². The van der Waals surface area contributed by atoms with Gasteiger partial charge in [0.25, 0.3) is 0 Å². The summed E-state index contributed by atoms with van der Waals surface area (Å²) in [4.78, 5) is 0. The zero-order valence-corrected chi connectivity index (χ0v) is 2.10. The van der Waals surface area contributed by atoms with Gasteiger partial charge in [-0.2, -0.15) is 0 Å². The Kier molecular flexibility index (Phi) is 0.242. The Hall–Kier alpha value is -0.0800. The maximum atomic E-state index is 9.42. The normalized spacial score (nSPS) is 39.8. The van der Waals surface area contributed by atoms with Crippen molar-refractivity contribution in [1.29, 1.82) is 0 Å². The maximum absolute atomic E-state index is 9.42. The van der Waals surface area contributed by atoms with E-state index in [9.17, 15) is 5.11 Å². The molecule has 4 heavy (non-hydrogen) atoms. The van der Waals surface area contributed by atoms with Gasteiger partial charge in [0, 0.05) is 6.29 Å². The molecule has 1 aliphatic rings. The van der Waals surface area contributed by atoms with Crippen molar-refractivity contribution in [3.05, 3.63) is 0 Å². The van der Waals surface area contributed by atoms with E-state index in [1.54, 1.807) is 0 Å². The monoisotopic (exact) mass is 59.0 g/mol. The molecule has 1 rings (SSSR count). The molecule has 0 aliphatic carbocycles. The molecule has 0 bridgehead atoms. The van der Waals surface area contributed by atoms with Crippen molar-refractivity contribution in [2.75, 3.05) is 6.61 Å².